The van der Waals surface area contributed by atoms with E-state index < -0.39 is 0 Å². The Morgan fingerprint density at radius 2 is 2.06 bits per heavy atom. The number of rotatable bonds is 3. The van der Waals surface area contributed by atoms with Gasteiger partial charge in [-0.3, -0.25) is 0 Å². The van der Waals surface area contributed by atoms with E-state index in [0.29, 0.717) is 5.41 Å². The smallest absolute Gasteiger partial charge is 0.138 e. The molecule has 17 heavy (non-hydrogen) atoms. The van der Waals surface area contributed by atoms with Gasteiger partial charge in [0.2, 0.25) is 0 Å². The predicted molar refractivity (Wildman–Crippen MR) is 74.7 cm³/mol. The Kier molecular flexibility index (Phi) is 3.33. The van der Waals surface area contributed by atoms with E-state index in [9.17, 15) is 0 Å². The molecule has 4 heteroatoms. The second kappa shape index (κ2) is 4.61. The van der Waals surface area contributed by atoms with E-state index in [4.69, 9.17) is 0 Å². The third-order valence-electron chi connectivity index (χ3n) is 2.72. The van der Waals surface area contributed by atoms with Gasteiger partial charge in [0, 0.05) is 6.54 Å². The Morgan fingerprint density at radius 3 is 2.76 bits per heavy atom. The van der Waals surface area contributed by atoms with Crippen molar-refractivity contribution in [3.63, 3.8) is 0 Å². The van der Waals surface area contributed by atoms with Gasteiger partial charge < -0.3 is 5.32 Å². The average molecular weight is 249 g/mol. The number of fused-ring (bicyclic) bond motifs is 1. The Labute approximate surface area is 106 Å². The van der Waals surface area contributed by atoms with Crippen molar-refractivity contribution in [2.75, 3.05) is 11.9 Å². The summed E-state index contributed by atoms with van der Waals surface area (Å²) in [5.74, 6) is 0.970. The van der Waals surface area contributed by atoms with E-state index in [2.05, 4.69) is 48.4 Å². The van der Waals surface area contributed by atoms with Gasteiger partial charge in [0.1, 0.15) is 17.0 Å². The highest BCUT2D eigenvalue weighted by Gasteiger charge is 2.11. The van der Waals surface area contributed by atoms with Crippen LogP contribution in [0.4, 0.5) is 5.82 Å². The van der Waals surface area contributed by atoms with Gasteiger partial charge in [0.15, 0.2) is 0 Å². The number of nitrogens with one attached hydrogen (secondary N) is 1. The average Bonchev–Trinajstić information content (AvgIpc) is 2.60. The number of thiophene rings is 1. The quantitative estimate of drug-likeness (QED) is 0.898. The first-order chi connectivity index (χ1) is 7.97. The lowest BCUT2D eigenvalue weighted by atomic mass is 9.92. The molecular weight excluding hydrogens is 230 g/mol. The molecule has 3 nitrogen and oxygen atoms in total. The molecule has 1 N–H and O–H groups in total. The molecule has 0 spiro atoms. The van der Waals surface area contributed by atoms with Gasteiger partial charge in [-0.2, -0.15) is 0 Å². The molecule has 0 radical (unpaired) electrons. The van der Waals surface area contributed by atoms with Gasteiger partial charge in [0.05, 0.1) is 5.39 Å². The summed E-state index contributed by atoms with van der Waals surface area (Å²) in [6.07, 6.45) is 2.76. The fourth-order valence-electron chi connectivity index (χ4n) is 1.71. The van der Waals surface area contributed by atoms with Crippen molar-refractivity contribution in [2.45, 2.75) is 34.1 Å². The van der Waals surface area contributed by atoms with Crippen molar-refractivity contribution in [1.29, 1.82) is 0 Å². The summed E-state index contributed by atoms with van der Waals surface area (Å²) >= 11 is 1.68. The van der Waals surface area contributed by atoms with Crippen molar-refractivity contribution in [2.24, 2.45) is 5.41 Å². The third kappa shape index (κ3) is 2.94. The topological polar surface area (TPSA) is 37.8 Å². The molecule has 0 unspecified atom stereocenters. The molecule has 0 aliphatic carbocycles. The summed E-state index contributed by atoms with van der Waals surface area (Å²) in [7, 11) is 0. The van der Waals surface area contributed by atoms with Crippen LogP contribution in [0.25, 0.3) is 10.2 Å². The zero-order valence-electron chi connectivity index (χ0n) is 10.9. The molecule has 0 amide bonds. The van der Waals surface area contributed by atoms with Gasteiger partial charge in [-0.1, -0.05) is 20.8 Å². The van der Waals surface area contributed by atoms with Crippen LogP contribution in [0, 0.1) is 12.3 Å². The third-order valence-corrected chi connectivity index (χ3v) is 3.73. The van der Waals surface area contributed by atoms with Crippen LogP contribution in [0.2, 0.25) is 0 Å². The molecule has 0 aliphatic heterocycles. The molecule has 2 aromatic rings. The van der Waals surface area contributed by atoms with Gasteiger partial charge >= 0.3 is 0 Å². The SMILES string of the molecule is Cc1csc2ncnc(NCCC(C)(C)C)c12. The molecule has 0 aliphatic rings. The molecule has 0 aromatic carbocycles. The zero-order chi connectivity index (χ0) is 12.5. The van der Waals surface area contributed by atoms with Crippen molar-refractivity contribution < 1.29 is 0 Å². The maximum atomic E-state index is 4.34. The van der Waals surface area contributed by atoms with Crippen molar-refractivity contribution in [1.82, 2.24) is 9.97 Å². The second-order valence-electron chi connectivity index (χ2n) is 5.56. The van der Waals surface area contributed by atoms with Crippen LogP contribution in [0.3, 0.4) is 0 Å². The van der Waals surface area contributed by atoms with Crippen LogP contribution in [0.1, 0.15) is 32.8 Å². The van der Waals surface area contributed by atoms with E-state index in [-0.39, 0.29) is 0 Å². The van der Waals surface area contributed by atoms with Crippen LogP contribution < -0.4 is 5.32 Å². The van der Waals surface area contributed by atoms with Gasteiger partial charge in [-0.25, -0.2) is 9.97 Å². The zero-order valence-corrected chi connectivity index (χ0v) is 11.7. The first-order valence-electron chi connectivity index (χ1n) is 5.90. The summed E-state index contributed by atoms with van der Waals surface area (Å²) in [5, 5.41) is 6.73. The number of hydrogen-bond acceptors (Lipinski definition) is 4. The molecule has 0 saturated heterocycles. The Morgan fingerprint density at radius 1 is 1.29 bits per heavy atom. The molecule has 2 rings (SSSR count). The molecule has 92 valence electrons. The summed E-state index contributed by atoms with van der Waals surface area (Å²) in [6.45, 7) is 9.81. The Bertz CT molecular complexity index is 511. The monoisotopic (exact) mass is 249 g/mol. The summed E-state index contributed by atoms with van der Waals surface area (Å²) in [6, 6.07) is 0. The van der Waals surface area contributed by atoms with Gasteiger partial charge in [-0.05, 0) is 29.7 Å². The Balaban J connectivity index is 2.16. The van der Waals surface area contributed by atoms with Gasteiger partial charge in [0.25, 0.3) is 0 Å². The molecule has 2 aromatic heterocycles. The van der Waals surface area contributed by atoms with E-state index >= 15 is 0 Å². The molecule has 2 heterocycles. The van der Waals surface area contributed by atoms with Gasteiger partial charge in [-0.15, -0.1) is 11.3 Å². The number of nitrogens with zero attached hydrogens (tertiary/aromatic N) is 2. The van der Waals surface area contributed by atoms with Crippen LogP contribution in [0.5, 0.6) is 0 Å². The van der Waals surface area contributed by atoms with E-state index in [1.165, 1.54) is 10.9 Å². The minimum Gasteiger partial charge on any atom is -0.369 e. The first kappa shape index (κ1) is 12.3. The maximum absolute atomic E-state index is 4.34. The summed E-state index contributed by atoms with van der Waals surface area (Å²) in [4.78, 5) is 9.70. The predicted octanol–water partition coefficient (Wildman–Crippen LogP) is 3.85. The summed E-state index contributed by atoms with van der Waals surface area (Å²) in [5.41, 5.74) is 1.60. The van der Waals surface area contributed by atoms with Crippen LogP contribution in [-0.4, -0.2) is 16.5 Å². The van der Waals surface area contributed by atoms with Crippen molar-refractivity contribution in [3.05, 3.63) is 17.3 Å². The van der Waals surface area contributed by atoms with Crippen LogP contribution >= 0.6 is 11.3 Å². The summed E-state index contributed by atoms with van der Waals surface area (Å²) < 4.78 is 0. The molecule has 0 bridgehead atoms. The van der Waals surface area contributed by atoms with Crippen molar-refractivity contribution >= 4 is 27.4 Å². The Hall–Kier alpha value is -1.16. The fourth-order valence-corrected chi connectivity index (χ4v) is 2.60. The first-order valence-corrected chi connectivity index (χ1v) is 6.78. The second-order valence-corrected chi connectivity index (χ2v) is 6.42. The lowest BCUT2D eigenvalue weighted by Crippen LogP contribution is -2.13. The largest absolute Gasteiger partial charge is 0.369 e. The molecule has 0 saturated carbocycles. The number of aryl methyl sites for hydroxylation is 1. The highest BCUT2D eigenvalue weighted by atomic mass is 32.1. The highest BCUT2D eigenvalue weighted by Crippen LogP contribution is 2.28. The highest BCUT2D eigenvalue weighted by molar-refractivity contribution is 7.17. The van der Waals surface area contributed by atoms with E-state index in [1.807, 2.05) is 0 Å². The lowest BCUT2D eigenvalue weighted by molar-refractivity contribution is 0.389. The minimum atomic E-state index is 0.350. The lowest BCUT2D eigenvalue weighted by Gasteiger charge is -2.18. The van der Waals surface area contributed by atoms with Crippen LogP contribution in [0.15, 0.2) is 11.7 Å². The number of aromatic nitrogens is 2. The maximum Gasteiger partial charge on any atom is 0.138 e. The standard InChI is InChI=1S/C13H19N3S/c1-9-7-17-12-10(9)11(15-8-16-12)14-6-5-13(2,3)4/h7-8H,5-6H2,1-4H3,(H,14,15,16). The fraction of sp³-hybridized carbons (Fsp3) is 0.538. The number of anilines is 1. The molecule has 0 fully saturated rings. The molecule has 0 atom stereocenters. The molecular formula is C13H19N3S. The minimum absolute atomic E-state index is 0.350. The van der Waals surface area contributed by atoms with Crippen LogP contribution in [-0.2, 0) is 0 Å². The van der Waals surface area contributed by atoms with E-state index in [1.54, 1.807) is 17.7 Å². The normalized spacial score (nSPS) is 12.0. The number of hydrogen-bond donors (Lipinski definition) is 1. The van der Waals surface area contributed by atoms with E-state index in [0.717, 1.165) is 23.6 Å². The van der Waals surface area contributed by atoms with Crippen molar-refractivity contribution in [3.8, 4) is 0 Å².